The molecule has 0 bridgehead atoms. The molecule has 1 aliphatic heterocycles. The molecule has 1 N–H and O–H groups in total. The lowest BCUT2D eigenvalue weighted by Gasteiger charge is -2.22. The highest BCUT2D eigenvalue weighted by molar-refractivity contribution is 6.30. The van der Waals surface area contributed by atoms with E-state index in [0.717, 1.165) is 18.7 Å². The first-order valence-electron chi connectivity index (χ1n) is 5.58. The third-order valence-corrected chi connectivity index (χ3v) is 3.12. The van der Waals surface area contributed by atoms with E-state index in [0.29, 0.717) is 23.7 Å². The average molecular weight is 242 g/mol. The van der Waals surface area contributed by atoms with E-state index in [1.165, 1.54) is 12.8 Å². The molecule has 0 amide bonds. The molecule has 4 nitrogen and oxygen atoms in total. The largest absolute Gasteiger partial charge is 0.463 e. The van der Waals surface area contributed by atoms with Crippen molar-refractivity contribution in [3.05, 3.63) is 16.9 Å². The van der Waals surface area contributed by atoms with Gasteiger partial charge in [0.2, 0.25) is 0 Å². The maximum Gasteiger partial charge on any atom is 0.317 e. The molecule has 1 aromatic rings. The van der Waals surface area contributed by atoms with Gasteiger partial charge in [-0.1, -0.05) is 11.6 Å². The first-order valence-corrected chi connectivity index (χ1v) is 5.96. The number of halogens is 1. The Balaban J connectivity index is 1.86. The molecule has 0 radical (unpaired) electrons. The Bertz CT molecular complexity index is 353. The summed E-state index contributed by atoms with van der Waals surface area (Å²) in [5, 5.41) is 3.81. The molecule has 0 aliphatic carbocycles. The summed E-state index contributed by atoms with van der Waals surface area (Å²) in [6, 6.07) is 0.376. The van der Waals surface area contributed by atoms with Crippen molar-refractivity contribution in [3.63, 3.8) is 0 Å². The molecule has 1 fully saturated rings. The number of ether oxygens (including phenoxy) is 1. The number of hydrogen-bond donors (Lipinski definition) is 1. The lowest BCUT2D eigenvalue weighted by molar-refractivity contribution is 0.205. The fourth-order valence-corrected chi connectivity index (χ4v) is 1.86. The number of rotatable bonds is 3. The molecular weight excluding hydrogens is 226 g/mol. The van der Waals surface area contributed by atoms with Gasteiger partial charge in [0.25, 0.3) is 0 Å². The van der Waals surface area contributed by atoms with Crippen molar-refractivity contribution in [1.82, 2.24) is 15.3 Å². The van der Waals surface area contributed by atoms with E-state index in [1.807, 2.05) is 6.92 Å². The number of nitrogens with zero attached hydrogens (tertiary/aromatic N) is 2. The minimum Gasteiger partial charge on any atom is -0.463 e. The predicted octanol–water partition coefficient (Wildman–Crippen LogP) is 1.82. The summed E-state index contributed by atoms with van der Waals surface area (Å²) in [6.07, 6.45) is 4.10. The standard InChI is InChI=1S/C11H16ClN3O/c1-8-5-14-11(15-10(8)12)16-7-9-3-2-4-13-6-9/h5,9,13H,2-4,6-7H2,1H3. The number of nitrogens with one attached hydrogen (secondary N) is 1. The molecule has 0 spiro atoms. The summed E-state index contributed by atoms with van der Waals surface area (Å²) in [5.41, 5.74) is 0.869. The second-order valence-corrected chi connectivity index (χ2v) is 4.51. The van der Waals surface area contributed by atoms with E-state index in [2.05, 4.69) is 15.3 Å². The Morgan fingerprint density at radius 1 is 1.62 bits per heavy atom. The molecule has 5 heteroatoms. The Kier molecular flexibility index (Phi) is 3.96. The Morgan fingerprint density at radius 3 is 3.19 bits per heavy atom. The van der Waals surface area contributed by atoms with Crippen LogP contribution in [0, 0.1) is 12.8 Å². The Hall–Kier alpha value is -0.870. The van der Waals surface area contributed by atoms with Crippen molar-refractivity contribution < 1.29 is 4.74 Å². The van der Waals surface area contributed by atoms with Crippen molar-refractivity contribution >= 4 is 11.6 Å². The van der Waals surface area contributed by atoms with Gasteiger partial charge in [-0.05, 0) is 26.3 Å². The third-order valence-electron chi connectivity index (χ3n) is 2.73. The zero-order chi connectivity index (χ0) is 11.4. The molecule has 1 atom stereocenters. The monoisotopic (exact) mass is 241 g/mol. The van der Waals surface area contributed by atoms with Gasteiger partial charge in [-0.3, -0.25) is 0 Å². The van der Waals surface area contributed by atoms with Crippen LogP contribution in [0.15, 0.2) is 6.20 Å². The van der Waals surface area contributed by atoms with Crippen molar-refractivity contribution in [2.24, 2.45) is 5.92 Å². The first kappa shape index (κ1) is 11.6. The maximum absolute atomic E-state index is 5.89. The highest BCUT2D eigenvalue weighted by Gasteiger charge is 2.14. The number of piperidine rings is 1. The van der Waals surface area contributed by atoms with E-state index < -0.39 is 0 Å². The number of aromatic nitrogens is 2. The Morgan fingerprint density at radius 2 is 2.50 bits per heavy atom. The fourth-order valence-electron chi connectivity index (χ4n) is 1.73. The zero-order valence-corrected chi connectivity index (χ0v) is 10.1. The van der Waals surface area contributed by atoms with Crippen LogP contribution in [0.3, 0.4) is 0 Å². The van der Waals surface area contributed by atoms with Gasteiger partial charge in [0, 0.05) is 24.2 Å². The maximum atomic E-state index is 5.89. The molecule has 0 saturated carbocycles. The molecule has 1 unspecified atom stereocenters. The lowest BCUT2D eigenvalue weighted by Crippen LogP contribution is -2.33. The molecule has 16 heavy (non-hydrogen) atoms. The number of hydrogen-bond acceptors (Lipinski definition) is 4. The van der Waals surface area contributed by atoms with E-state index in [4.69, 9.17) is 16.3 Å². The predicted molar refractivity (Wildman–Crippen MR) is 62.9 cm³/mol. The van der Waals surface area contributed by atoms with Gasteiger partial charge < -0.3 is 10.1 Å². The van der Waals surface area contributed by atoms with Gasteiger partial charge in [0.15, 0.2) is 0 Å². The molecule has 2 rings (SSSR count). The van der Waals surface area contributed by atoms with Crippen LogP contribution in [0.2, 0.25) is 5.15 Å². The molecular formula is C11H16ClN3O. The van der Waals surface area contributed by atoms with Crippen molar-refractivity contribution in [2.45, 2.75) is 19.8 Å². The van der Waals surface area contributed by atoms with Crippen LogP contribution >= 0.6 is 11.6 Å². The van der Waals surface area contributed by atoms with E-state index >= 15 is 0 Å². The summed E-state index contributed by atoms with van der Waals surface area (Å²) in [6.45, 7) is 4.66. The van der Waals surface area contributed by atoms with Crippen LogP contribution < -0.4 is 10.1 Å². The van der Waals surface area contributed by atoms with Crippen LogP contribution in [0.4, 0.5) is 0 Å². The molecule has 2 heterocycles. The highest BCUT2D eigenvalue weighted by Crippen LogP contribution is 2.15. The molecule has 1 aliphatic rings. The van der Waals surface area contributed by atoms with Crippen molar-refractivity contribution in [2.75, 3.05) is 19.7 Å². The molecule has 88 valence electrons. The quantitative estimate of drug-likeness (QED) is 0.820. The molecule has 1 aromatic heterocycles. The van der Waals surface area contributed by atoms with Crippen molar-refractivity contribution in [1.29, 1.82) is 0 Å². The summed E-state index contributed by atoms with van der Waals surface area (Å²) in [5.74, 6) is 0.553. The minimum absolute atomic E-state index is 0.376. The normalized spacial score (nSPS) is 20.8. The summed E-state index contributed by atoms with van der Waals surface area (Å²) in [7, 11) is 0. The van der Waals surface area contributed by atoms with Crippen LogP contribution in [0.25, 0.3) is 0 Å². The van der Waals surface area contributed by atoms with Crippen LogP contribution in [-0.2, 0) is 0 Å². The zero-order valence-electron chi connectivity index (χ0n) is 9.37. The van der Waals surface area contributed by atoms with Crippen molar-refractivity contribution in [3.8, 4) is 6.01 Å². The SMILES string of the molecule is Cc1cnc(OCC2CCCNC2)nc1Cl. The van der Waals surface area contributed by atoms with Gasteiger partial charge in [-0.25, -0.2) is 4.98 Å². The molecule has 1 saturated heterocycles. The second-order valence-electron chi connectivity index (χ2n) is 4.15. The van der Waals surface area contributed by atoms with Gasteiger partial charge in [0.1, 0.15) is 5.15 Å². The van der Waals surface area contributed by atoms with E-state index in [9.17, 15) is 0 Å². The lowest BCUT2D eigenvalue weighted by atomic mass is 10.0. The summed E-state index contributed by atoms with van der Waals surface area (Å²) < 4.78 is 5.53. The summed E-state index contributed by atoms with van der Waals surface area (Å²) >= 11 is 5.89. The first-order chi connectivity index (χ1) is 7.75. The van der Waals surface area contributed by atoms with Gasteiger partial charge in [-0.2, -0.15) is 4.98 Å². The highest BCUT2D eigenvalue weighted by atomic mass is 35.5. The second kappa shape index (κ2) is 5.46. The fraction of sp³-hybridized carbons (Fsp3) is 0.636. The topological polar surface area (TPSA) is 47.0 Å². The van der Waals surface area contributed by atoms with Gasteiger partial charge in [0.05, 0.1) is 6.61 Å². The molecule has 0 aromatic carbocycles. The van der Waals surface area contributed by atoms with E-state index in [-0.39, 0.29) is 0 Å². The minimum atomic E-state index is 0.376. The van der Waals surface area contributed by atoms with Crippen LogP contribution in [0.5, 0.6) is 6.01 Å². The average Bonchev–Trinajstić information content (AvgIpc) is 2.32. The van der Waals surface area contributed by atoms with Crippen LogP contribution in [0.1, 0.15) is 18.4 Å². The van der Waals surface area contributed by atoms with Crippen LogP contribution in [-0.4, -0.2) is 29.7 Å². The third kappa shape index (κ3) is 3.06. The van der Waals surface area contributed by atoms with Gasteiger partial charge in [-0.15, -0.1) is 0 Å². The Labute approximate surface area is 100 Å². The number of aryl methyl sites for hydroxylation is 1. The van der Waals surface area contributed by atoms with E-state index in [1.54, 1.807) is 6.20 Å². The smallest absolute Gasteiger partial charge is 0.317 e. The summed E-state index contributed by atoms with van der Waals surface area (Å²) in [4.78, 5) is 8.15. The van der Waals surface area contributed by atoms with Gasteiger partial charge >= 0.3 is 6.01 Å².